The highest BCUT2D eigenvalue weighted by Crippen LogP contribution is 2.24. The van der Waals surface area contributed by atoms with Crippen LogP contribution in [0.2, 0.25) is 0 Å². The van der Waals surface area contributed by atoms with E-state index in [9.17, 15) is 14.4 Å². The van der Waals surface area contributed by atoms with Crippen molar-refractivity contribution < 1.29 is 14.4 Å². The quantitative estimate of drug-likeness (QED) is 0.0906. The van der Waals surface area contributed by atoms with Crippen molar-refractivity contribution >= 4 is 57.1 Å². The number of nitrogens with one attached hydrogen (secondary N) is 2. The van der Waals surface area contributed by atoms with E-state index in [4.69, 9.17) is 0 Å². The molecule has 5 nitrogen and oxygen atoms in total. The third-order valence-electron chi connectivity index (χ3n) is 6.48. The molecule has 0 heterocycles. The van der Waals surface area contributed by atoms with E-state index in [2.05, 4.69) is 26.6 Å². The summed E-state index contributed by atoms with van der Waals surface area (Å²) in [5, 5.41) is 5.61. The molecule has 5 aromatic rings. The van der Waals surface area contributed by atoms with Crippen molar-refractivity contribution in [2.24, 2.45) is 0 Å². The Hall–Kier alpha value is -4.72. The minimum atomic E-state index is -0.459. The van der Waals surface area contributed by atoms with Gasteiger partial charge in [-0.3, -0.25) is 14.4 Å². The molecule has 0 spiro atoms. The topological polar surface area (TPSA) is 75.3 Å². The molecule has 0 aliphatic rings. The highest BCUT2D eigenvalue weighted by Gasteiger charge is 2.15. The molecule has 0 unspecified atom stereocenters. The summed E-state index contributed by atoms with van der Waals surface area (Å²) in [7, 11) is 0. The molecule has 0 bridgehead atoms. The van der Waals surface area contributed by atoms with Crippen LogP contribution in [0.1, 0.15) is 26.3 Å². The predicted molar refractivity (Wildman–Crippen MR) is 178 cm³/mol. The highest BCUT2D eigenvalue weighted by molar-refractivity contribution is 9.10. The molecule has 212 valence electrons. The van der Waals surface area contributed by atoms with Gasteiger partial charge in [0.05, 0.1) is 5.75 Å². The van der Waals surface area contributed by atoms with E-state index in [1.165, 1.54) is 11.8 Å². The van der Waals surface area contributed by atoms with E-state index in [1.807, 2.05) is 97.1 Å². The Kier molecular flexibility index (Phi) is 10.00. The lowest BCUT2D eigenvalue weighted by molar-refractivity contribution is -0.113. The lowest BCUT2D eigenvalue weighted by Crippen LogP contribution is -2.30. The Morgan fingerprint density at radius 1 is 0.674 bits per heavy atom. The number of hydrogen-bond acceptors (Lipinski definition) is 4. The van der Waals surface area contributed by atoms with Gasteiger partial charge in [0.15, 0.2) is 5.78 Å². The first-order chi connectivity index (χ1) is 20.9. The zero-order valence-corrected chi connectivity index (χ0v) is 25.4. The Bertz CT molecular complexity index is 1750. The van der Waals surface area contributed by atoms with Crippen LogP contribution in [0.4, 0.5) is 5.69 Å². The number of Topliss-reactive ketones (excluding diaryl/α,β-unsaturated/α-hetero) is 1. The van der Waals surface area contributed by atoms with Gasteiger partial charge in [0.1, 0.15) is 5.70 Å². The van der Waals surface area contributed by atoms with Gasteiger partial charge in [0.2, 0.25) is 0 Å². The van der Waals surface area contributed by atoms with Crippen LogP contribution in [0.15, 0.2) is 149 Å². The fraction of sp³-hybridized carbons (Fsp3) is 0.0278. The smallest absolute Gasteiger partial charge is 0.272 e. The summed E-state index contributed by atoms with van der Waals surface area (Å²) in [6, 6.07) is 41.1. The van der Waals surface area contributed by atoms with Crippen LogP contribution in [-0.4, -0.2) is 23.4 Å². The predicted octanol–water partition coefficient (Wildman–Crippen LogP) is 8.50. The Balaban J connectivity index is 1.21. The van der Waals surface area contributed by atoms with E-state index in [1.54, 1.807) is 42.5 Å². The minimum absolute atomic E-state index is 0.0403. The molecule has 0 fully saturated rings. The summed E-state index contributed by atoms with van der Waals surface area (Å²) >= 11 is 4.88. The molecule has 7 heteroatoms. The van der Waals surface area contributed by atoms with Crippen LogP contribution in [0.3, 0.4) is 0 Å². The number of rotatable bonds is 10. The van der Waals surface area contributed by atoms with E-state index in [0.717, 1.165) is 26.1 Å². The van der Waals surface area contributed by atoms with Crippen molar-refractivity contribution in [1.29, 1.82) is 0 Å². The van der Waals surface area contributed by atoms with Gasteiger partial charge in [-0.15, -0.1) is 11.8 Å². The molecular weight excluding hydrogens is 620 g/mol. The van der Waals surface area contributed by atoms with Crippen LogP contribution in [0.25, 0.3) is 17.2 Å². The highest BCUT2D eigenvalue weighted by atomic mass is 79.9. The van der Waals surface area contributed by atoms with E-state index < -0.39 is 5.91 Å². The molecule has 0 aromatic heterocycles. The number of ketones is 1. The van der Waals surface area contributed by atoms with Gasteiger partial charge >= 0.3 is 0 Å². The van der Waals surface area contributed by atoms with Crippen molar-refractivity contribution in [1.82, 2.24) is 5.32 Å². The minimum Gasteiger partial charge on any atom is -0.321 e. The number of amides is 2. The van der Waals surface area contributed by atoms with Crippen LogP contribution in [0, 0.1) is 0 Å². The van der Waals surface area contributed by atoms with Crippen molar-refractivity contribution in [3.05, 3.63) is 160 Å². The van der Waals surface area contributed by atoms with Crippen molar-refractivity contribution in [3.63, 3.8) is 0 Å². The van der Waals surface area contributed by atoms with Gasteiger partial charge in [-0.1, -0.05) is 101 Å². The summed E-state index contributed by atoms with van der Waals surface area (Å²) in [6.07, 6.45) is 1.63. The van der Waals surface area contributed by atoms with Gasteiger partial charge in [-0.05, 0) is 71.3 Å². The second kappa shape index (κ2) is 14.4. The summed E-state index contributed by atoms with van der Waals surface area (Å²) < 4.78 is 0.853. The molecule has 43 heavy (non-hydrogen) atoms. The number of benzene rings is 5. The maximum absolute atomic E-state index is 13.3. The summed E-state index contributed by atoms with van der Waals surface area (Å²) in [6.45, 7) is 0. The first-order valence-corrected chi connectivity index (χ1v) is 15.3. The average Bonchev–Trinajstić information content (AvgIpc) is 3.05. The van der Waals surface area contributed by atoms with Crippen LogP contribution in [0.5, 0.6) is 0 Å². The maximum Gasteiger partial charge on any atom is 0.272 e. The first kappa shape index (κ1) is 29.8. The molecule has 2 amide bonds. The molecule has 0 aliphatic carbocycles. The van der Waals surface area contributed by atoms with Crippen LogP contribution in [-0.2, 0) is 4.79 Å². The largest absolute Gasteiger partial charge is 0.321 e. The van der Waals surface area contributed by atoms with E-state index in [0.29, 0.717) is 22.6 Å². The Morgan fingerprint density at radius 2 is 1.33 bits per heavy atom. The average molecular weight is 648 g/mol. The number of anilines is 1. The zero-order chi connectivity index (χ0) is 30.0. The number of hydrogen-bond donors (Lipinski definition) is 2. The SMILES string of the molecule is O=C(Nc1ccc(SCC(=O)c2ccc(-c3ccccc3)cc2)cc1)/C(=C/c1cccc(Br)c1)NC(=O)c1ccccc1. The second-order valence-corrected chi connectivity index (χ2v) is 11.5. The van der Waals surface area contributed by atoms with Gasteiger partial charge < -0.3 is 10.6 Å². The summed E-state index contributed by atoms with van der Waals surface area (Å²) in [5.74, 6) is -0.512. The fourth-order valence-corrected chi connectivity index (χ4v) is 5.46. The summed E-state index contributed by atoms with van der Waals surface area (Å²) in [4.78, 5) is 39.8. The first-order valence-electron chi connectivity index (χ1n) is 13.5. The van der Waals surface area contributed by atoms with Crippen molar-refractivity contribution in [2.45, 2.75) is 4.90 Å². The molecule has 5 rings (SSSR count). The van der Waals surface area contributed by atoms with Gasteiger partial charge in [-0.25, -0.2) is 0 Å². The number of thioether (sulfide) groups is 1. The lowest BCUT2D eigenvalue weighted by atomic mass is 10.0. The number of carbonyl (C=O) groups excluding carboxylic acids is 3. The van der Waals surface area contributed by atoms with Crippen molar-refractivity contribution in [2.75, 3.05) is 11.1 Å². The molecule has 0 saturated carbocycles. The zero-order valence-electron chi connectivity index (χ0n) is 23.0. The van der Waals surface area contributed by atoms with Gasteiger partial charge in [-0.2, -0.15) is 0 Å². The third-order valence-corrected chi connectivity index (χ3v) is 7.99. The molecule has 0 atom stereocenters. The Labute approximate surface area is 263 Å². The molecule has 5 aromatic carbocycles. The number of carbonyl (C=O) groups is 3. The lowest BCUT2D eigenvalue weighted by Gasteiger charge is -2.12. The fourth-order valence-electron chi connectivity index (χ4n) is 4.25. The number of halogens is 1. The molecule has 2 N–H and O–H groups in total. The van der Waals surface area contributed by atoms with Gasteiger partial charge in [0.25, 0.3) is 11.8 Å². The monoisotopic (exact) mass is 646 g/mol. The van der Waals surface area contributed by atoms with E-state index in [-0.39, 0.29) is 17.4 Å². The van der Waals surface area contributed by atoms with Crippen molar-refractivity contribution in [3.8, 4) is 11.1 Å². The van der Waals surface area contributed by atoms with Crippen LogP contribution < -0.4 is 10.6 Å². The van der Waals surface area contributed by atoms with E-state index >= 15 is 0 Å². The van der Waals surface area contributed by atoms with Gasteiger partial charge in [0, 0.05) is 26.2 Å². The normalized spacial score (nSPS) is 11.0. The Morgan fingerprint density at radius 3 is 2.00 bits per heavy atom. The second-order valence-electron chi connectivity index (χ2n) is 9.57. The third kappa shape index (κ3) is 8.41. The molecule has 0 saturated heterocycles. The maximum atomic E-state index is 13.3. The molecular formula is C36H27BrN2O3S. The van der Waals surface area contributed by atoms with Crippen LogP contribution >= 0.6 is 27.7 Å². The molecule has 0 radical (unpaired) electrons. The molecule has 0 aliphatic heterocycles. The summed E-state index contributed by atoms with van der Waals surface area (Å²) in [5.41, 5.74) is 4.70. The standard InChI is InChI=1S/C36H27BrN2O3S/c37-30-13-7-8-25(22-30)23-33(39-35(41)29-11-5-2-6-12-29)36(42)38-31-18-20-32(21-19-31)43-24-34(40)28-16-14-27(15-17-28)26-9-3-1-4-10-26/h1-23H,24H2,(H,38,42)(H,39,41)/b33-23-.